The van der Waals surface area contributed by atoms with E-state index in [1.165, 1.54) is 0 Å². The van der Waals surface area contributed by atoms with Gasteiger partial charge < -0.3 is 11.2 Å². The molecule has 3 aromatic rings. The van der Waals surface area contributed by atoms with E-state index >= 15 is 0 Å². The highest BCUT2D eigenvalue weighted by molar-refractivity contribution is 7.91. The fourth-order valence-electron chi connectivity index (χ4n) is 3.28. The zero-order valence-corrected chi connectivity index (χ0v) is 16.4. The molecule has 146 valence electrons. The minimum Gasteiger partial charge on any atom is -0.351 e. The first-order valence-electron chi connectivity index (χ1n) is 8.74. The number of fused-ring (bicyclic) bond motifs is 1. The summed E-state index contributed by atoms with van der Waals surface area (Å²) >= 11 is 6.22. The minimum absolute atomic E-state index is 0.0404. The van der Waals surface area contributed by atoms with Gasteiger partial charge in [-0.15, -0.1) is 0 Å². The molecule has 1 aromatic carbocycles. The van der Waals surface area contributed by atoms with Gasteiger partial charge >= 0.3 is 0 Å². The summed E-state index contributed by atoms with van der Waals surface area (Å²) < 4.78 is 24.1. The number of nitrogens with two attached hydrogens (primary N) is 1. The molecule has 2 aromatic heterocycles. The van der Waals surface area contributed by atoms with Crippen LogP contribution in [0.4, 0.5) is 5.95 Å². The Bertz CT molecular complexity index is 1210. The Balaban J connectivity index is 1.69. The Kier molecular flexibility index (Phi) is 4.72. The van der Waals surface area contributed by atoms with Crippen molar-refractivity contribution >= 4 is 38.4 Å². The number of pyridine rings is 1. The number of nitrogens with zero attached hydrogens (tertiary/aromatic N) is 3. The lowest BCUT2D eigenvalue weighted by Crippen LogP contribution is -2.33. The van der Waals surface area contributed by atoms with Crippen LogP contribution in [-0.2, 0) is 9.84 Å². The Morgan fingerprint density at radius 2 is 1.89 bits per heavy atom. The zero-order valence-electron chi connectivity index (χ0n) is 14.8. The van der Waals surface area contributed by atoms with Crippen LogP contribution in [0, 0.1) is 0 Å². The van der Waals surface area contributed by atoms with E-state index in [4.69, 9.17) is 17.4 Å². The smallest absolute Gasteiger partial charge is 0.278 e. The monoisotopic (exact) mass is 419 g/mol. The maximum absolute atomic E-state index is 12.7. The molecule has 0 atom stereocenters. The molecule has 0 amide bonds. The van der Waals surface area contributed by atoms with Crippen LogP contribution in [0.5, 0.6) is 0 Å². The fourth-order valence-corrected chi connectivity index (χ4v) is 5.01. The highest BCUT2D eigenvalue weighted by Crippen LogP contribution is 2.27. The number of hydrogen-bond acceptors (Lipinski definition) is 7. The summed E-state index contributed by atoms with van der Waals surface area (Å²) in [6, 6.07) is 8.65. The number of nitrogen functional groups attached to an aromatic ring is 1. The second kappa shape index (κ2) is 7.06. The Morgan fingerprint density at radius 3 is 2.61 bits per heavy atom. The van der Waals surface area contributed by atoms with Crippen LogP contribution in [0.2, 0.25) is 5.02 Å². The first-order valence-corrected chi connectivity index (χ1v) is 10.9. The van der Waals surface area contributed by atoms with Crippen molar-refractivity contribution in [2.45, 2.75) is 18.9 Å². The second-order valence-electron chi connectivity index (χ2n) is 6.76. The molecule has 1 saturated heterocycles. The third kappa shape index (κ3) is 3.55. The van der Waals surface area contributed by atoms with Gasteiger partial charge in [0.2, 0.25) is 5.95 Å². The summed E-state index contributed by atoms with van der Waals surface area (Å²) in [4.78, 5) is 21.4. The molecule has 0 saturated carbocycles. The number of rotatable bonds is 3. The van der Waals surface area contributed by atoms with E-state index in [9.17, 15) is 13.2 Å². The lowest BCUT2D eigenvalue weighted by atomic mass is 10.1. The first-order chi connectivity index (χ1) is 13.3. The Labute approximate surface area is 166 Å². The summed E-state index contributed by atoms with van der Waals surface area (Å²) in [7, 11) is -2.95. The summed E-state index contributed by atoms with van der Waals surface area (Å²) in [5.41, 5.74) is 0.805. The first kappa shape index (κ1) is 18.7. The van der Waals surface area contributed by atoms with E-state index in [0.29, 0.717) is 40.3 Å². The van der Waals surface area contributed by atoms with Crippen molar-refractivity contribution in [2.24, 2.45) is 0 Å². The molecule has 3 N–H and O–H groups in total. The largest absolute Gasteiger partial charge is 0.351 e. The highest BCUT2D eigenvalue weighted by atomic mass is 35.5. The molecule has 1 aliphatic rings. The van der Waals surface area contributed by atoms with Crippen molar-refractivity contribution in [3.8, 4) is 11.1 Å². The van der Waals surface area contributed by atoms with Crippen LogP contribution in [0.1, 0.15) is 12.8 Å². The standard InChI is InChI=1S/C18H18ClN5O3S/c19-15-4-2-1-3-13(15)14-9-11-10-21-18(23-16(11)24(20)17(14)25)22-12-5-7-28(26,27)8-6-12/h1-4,9-10,12H,5-8,20H2,(H,21,22,23). The molecule has 0 aliphatic carbocycles. The van der Waals surface area contributed by atoms with Gasteiger partial charge in [0.05, 0.1) is 17.1 Å². The van der Waals surface area contributed by atoms with Gasteiger partial charge in [0.25, 0.3) is 5.56 Å². The summed E-state index contributed by atoms with van der Waals surface area (Å²) in [6.07, 6.45) is 2.56. The minimum atomic E-state index is -2.95. The molecular weight excluding hydrogens is 402 g/mol. The van der Waals surface area contributed by atoms with Gasteiger partial charge in [0.1, 0.15) is 9.84 Å². The molecule has 1 aliphatic heterocycles. The molecule has 8 nitrogen and oxygen atoms in total. The summed E-state index contributed by atoms with van der Waals surface area (Å²) in [5, 5.41) is 4.18. The van der Waals surface area contributed by atoms with E-state index in [-0.39, 0.29) is 23.2 Å². The molecule has 0 spiro atoms. The number of nitrogens with one attached hydrogen (secondary N) is 1. The molecule has 3 heterocycles. The molecule has 28 heavy (non-hydrogen) atoms. The lowest BCUT2D eigenvalue weighted by molar-refractivity contribution is 0.558. The number of aromatic nitrogens is 3. The third-order valence-corrected chi connectivity index (χ3v) is 6.87. The predicted octanol–water partition coefficient (Wildman–Crippen LogP) is 1.81. The fraction of sp³-hybridized carbons (Fsp3) is 0.278. The number of hydrogen-bond donors (Lipinski definition) is 2. The summed E-state index contributed by atoms with van der Waals surface area (Å²) in [6.45, 7) is 0. The van der Waals surface area contributed by atoms with E-state index < -0.39 is 15.4 Å². The zero-order chi connectivity index (χ0) is 19.9. The Morgan fingerprint density at radius 1 is 1.18 bits per heavy atom. The Hall–Kier alpha value is -2.65. The van der Waals surface area contributed by atoms with Gasteiger partial charge in [-0.2, -0.15) is 4.98 Å². The lowest BCUT2D eigenvalue weighted by Gasteiger charge is -2.23. The molecule has 0 bridgehead atoms. The SMILES string of the molecule is Nn1c(=O)c(-c2ccccc2Cl)cc2cnc(NC3CCS(=O)(=O)CC3)nc21. The van der Waals surface area contributed by atoms with Crippen molar-refractivity contribution in [1.82, 2.24) is 14.6 Å². The van der Waals surface area contributed by atoms with Crippen LogP contribution >= 0.6 is 11.6 Å². The van der Waals surface area contributed by atoms with Crippen LogP contribution in [0.3, 0.4) is 0 Å². The maximum atomic E-state index is 12.7. The molecule has 0 radical (unpaired) electrons. The number of sulfone groups is 1. The third-order valence-electron chi connectivity index (χ3n) is 4.83. The maximum Gasteiger partial charge on any atom is 0.278 e. The topological polar surface area (TPSA) is 120 Å². The second-order valence-corrected chi connectivity index (χ2v) is 9.47. The number of anilines is 1. The van der Waals surface area contributed by atoms with Crippen LogP contribution < -0.4 is 16.7 Å². The van der Waals surface area contributed by atoms with Crippen molar-refractivity contribution in [2.75, 3.05) is 22.7 Å². The van der Waals surface area contributed by atoms with Crippen LogP contribution in [0.15, 0.2) is 41.3 Å². The van der Waals surface area contributed by atoms with Crippen molar-refractivity contribution in [3.63, 3.8) is 0 Å². The van der Waals surface area contributed by atoms with Gasteiger partial charge in [-0.05, 0) is 25.0 Å². The van der Waals surface area contributed by atoms with E-state index in [1.807, 2.05) is 0 Å². The highest BCUT2D eigenvalue weighted by Gasteiger charge is 2.24. The number of benzene rings is 1. The average Bonchev–Trinajstić information content (AvgIpc) is 2.67. The number of halogens is 1. The normalized spacial score (nSPS) is 16.9. The molecule has 10 heteroatoms. The van der Waals surface area contributed by atoms with Crippen LogP contribution in [0.25, 0.3) is 22.2 Å². The van der Waals surface area contributed by atoms with Crippen molar-refractivity contribution < 1.29 is 8.42 Å². The van der Waals surface area contributed by atoms with Crippen LogP contribution in [-0.4, -0.2) is 40.6 Å². The van der Waals surface area contributed by atoms with E-state index in [2.05, 4.69) is 15.3 Å². The molecule has 1 fully saturated rings. The van der Waals surface area contributed by atoms with E-state index in [1.54, 1.807) is 36.5 Å². The summed E-state index contributed by atoms with van der Waals surface area (Å²) in [5.74, 6) is 6.59. The molecule has 0 unspecified atom stereocenters. The van der Waals surface area contributed by atoms with Crippen molar-refractivity contribution in [1.29, 1.82) is 0 Å². The molecule has 4 rings (SSSR count). The quantitative estimate of drug-likeness (QED) is 0.621. The van der Waals surface area contributed by atoms with Gasteiger partial charge in [-0.3, -0.25) is 4.79 Å². The average molecular weight is 420 g/mol. The van der Waals surface area contributed by atoms with Gasteiger partial charge in [0.15, 0.2) is 5.65 Å². The molecular formula is C18H18ClN5O3S. The van der Waals surface area contributed by atoms with Crippen molar-refractivity contribution in [3.05, 3.63) is 51.9 Å². The van der Waals surface area contributed by atoms with E-state index in [0.717, 1.165) is 4.68 Å². The van der Waals surface area contributed by atoms with Gasteiger partial charge in [-0.25, -0.2) is 18.1 Å². The van der Waals surface area contributed by atoms with Gasteiger partial charge in [0, 0.05) is 28.2 Å². The predicted molar refractivity (Wildman–Crippen MR) is 110 cm³/mol. The van der Waals surface area contributed by atoms with Gasteiger partial charge in [-0.1, -0.05) is 29.8 Å².